The Hall–Kier alpha value is -0.980. The van der Waals surface area contributed by atoms with E-state index in [0.29, 0.717) is 11.1 Å². The van der Waals surface area contributed by atoms with Crippen LogP contribution in [-0.4, -0.2) is 30.8 Å². The summed E-state index contributed by atoms with van der Waals surface area (Å²) in [6.07, 6.45) is 0. The van der Waals surface area contributed by atoms with Crippen LogP contribution in [0.3, 0.4) is 0 Å². The smallest absolute Gasteiger partial charge is 0.218 e. The average Bonchev–Trinajstić information content (AvgIpc) is 2.35. The molecule has 0 radical (unpaired) electrons. The molecule has 0 spiro atoms. The standard InChI is InChI=1S/C15H24N2O2S2/c1-11(15(2,3)4)17(5)21(18,19)10-12-8-6-7-9-13(12)14(16)20/h6-9,11H,10H2,1-5H3,(H2,16,20). The lowest BCUT2D eigenvalue weighted by molar-refractivity contribution is 0.216. The van der Waals surface area contributed by atoms with E-state index in [-0.39, 0.29) is 22.2 Å². The van der Waals surface area contributed by atoms with Crippen LogP contribution in [0.5, 0.6) is 0 Å². The summed E-state index contributed by atoms with van der Waals surface area (Å²) in [7, 11) is -1.81. The third-order valence-corrected chi connectivity index (χ3v) is 5.95. The second kappa shape index (κ2) is 6.42. The van der Waals surface area contributed by atoms with Gasteiger partial charge in [-0.1, -0.05) is 57.3 Å². The predicted molar refractivity (Wildman–Crippen MR) is 91.6 cm³/mol. The van der Waals surface area contributed by atoms with E-state index in [1.54, 1.807) is 31.3 Å². The molecule has 1 rings (SSSR count). The molecule has 1 aromatic rings. The van der Waals surface area contributed by atoms with Gasteiger partial charge in [-0.05, 0) is 17.9 Å². The molecule has 0 amide bonds. The van der Waals surface area contributed by atoms with Crippen molar-refractivity contribution in [1.82, 2.24) is 4.31 Å². The van der Waals surface area contributed by atoms with E-state index in [1.807, 2.05) is 27.7 Å². The molecule has 21 heavy (non-hydrogen) atoms. The van der Waals surface area contributed by atoms with Gasteiger partial charge in [0.25, 0.3) is 0 Å². The summed E-state index contributed by atoms with van der Waals surface area (Å²) < 4.78 is 26.6. The highest BCUT2D eigenvalue weighted by molar-refractivity contribution is 7.88. The lowest BCUT2D eigenvalue weighted by atomic mass is 9.88. The maximum Gasteiger partial charge on any atom is 0.218 e. The first kappa shape index (κ1) is 18.1. The lowest BCUT2D eigenvalue weighted by Crippen LogP contribution is -2.43. The van der Waals surface area contributed by atoms with Crippen LogP contribution in [0.2, 0.25) is 0 Å². The molecule has 1 atom stereocenters. The van der Waals surface area contributed by atoms with Gasteiger partial charge >= 0.3 is 0 Å². The Kier molecular flexibility index (Phi) is 5.52. The third-order valence-electron chi connectivity index (χ3n) is 3.86. The minimum atomic E-state index is -3.43. The first-order valence-corrected chi connectivity index (χ1v) is 8.82. The van der Waals surface area contributed by atoms with Crippen LogP contribution < -0.4 is 5.73 Å². The average molecular weight is 329 g/mol. The summed E-state index contributed by atoms with van der Waals surface area (Å²) in [6, 6.07) is 6.98. The lowest BCUT2D eigenvalue weighted by Gasteiger charge is -2.34. The Bertz CT molecular complexity index is 619. The van der Waals surface area contributed by atoms with Crippen molar-refractivity contribution in [1.29, 1.82) is 0 Å². The zero-order chi connectivity index (χ0) is 16.4. The summed E-state index contributed by atoms with van der Waals surface area (Å²) in [5, 5.41) is 0. The van der Waals surface area contributed by atoms with Gasteiger partial charge < -0.3 is 5.73 Å². The SMILES string of the molecule is CC(N(C)S(=O)(=O)Cc1ccccc1C(N)=S)C(C)(C)C. The maximum absolute atomic E-state index is 12.6. The first-order chi connectivity index (χ1) is 9.47. The molecule has 1 unspecified atom stereocenters. The number of rotatable bonds is 5. The van der Waals surface area contributed by atoms with Crippen molar-refractivity contribution in [2.75, 3.05) is 7.05 Å². The topological polar surface area (TPSA) is 63.4 Å². The van der Waals surface area contributed by atoms with E-state index in [4.69, 9.17) is 18.0 Å². The molecular formula is C15H24N2O2S2. The van der Waals surface area contributed by atoms with Crippen LogP contribution in [0.25, 0.3) is 0 Å². The third kappa shape index (κ3) is 4.49. The number of hydrogen-bond donors (Lipinski definition) is 1. The van der Waals surface area contributed by atoms with E-state index >= 15 is 0 Å². The first-order valence-electron chi connectivity index (χ1n) is 6.80. The van der Waals surface area contributed by atoms with Crippen LogP contribution in [0.15, 0.2) is 24.3 Å². The molecule has 0 saturated heterocycles. The van der Waals surface area contributed by atoms with E-state index in [1.165, 1.54) is 4.31 Å². The molecule has 2 N–H and O–H groups in total. The Labute approximate surface area is 133 Å². The molecule has 0 heterocycles. The van der Waals surface area contributed by atoms with Crippen LogP contribution in [0.1, 0.15) is 38.8 Å². The van der Waals surface area contributed by atoms with Crippen molar-refractivity contribution >= 4 is 27.2 Å². The molecule has 0 aliphatic heterocycles. The van der Waals surface area contributed by atoms with Gasteiger partial charge in [-0.25, -0.2) is 12.7 Å². The molecule has 4 nitrogen and oxygen atoms in total. The van der Waals surface area contributed by atoms with Crippen LogP contribution in [0, 0.1) is 5.41 Å². The molecule has 118 valence electrons. The van der Waals surface area contributed by atoms with E-state index in [9.17, 15) is 8.42 Å². The van der Waals surface area contributed by atoms with Crippen LogP contribution in [0.4, 0.5) is 0 Å². The second-order valence-corrected chi connectivity index (χ2v) is 8.80. The Morgan fingerprint density at radius 3 is 2.33 bits per heavy atom. The second-order valence-electron chi connectivity index (χ2n) is 6.34. The molecule has 0 saturated carbocycles. The Morgan fingerprint density at radius 1 is 1.33 bits per heavy atom. The Morgan fingerprint density at radius 2 is 1.86 bits per heavy atom. The minimum Gasteiger partial charge on any atom is -0.389 e. The van der Waals surface area contributed by atoms with Gasteiger partial charge in [0.05, 0.1) is 5.75 Å². The number of thiocarbonyl (C=S) groups is 1. The fourth-order valence-corrected chi connectivity index (χ4v) is 3.82. The van der Waals surface area contributed by atoms with Gasteiger partial charge in [-0.2, -0.15) is 0 Å². The zero-order valence-electron chi connectivity index (χ0n) is 13.3. The summed E-state index contributed by atoms with van der Waals surface area (Å²) in [4.78, 5) is 0.215. The van der Waals surface area contributed by atoms with E-state index in [2.05, 4.69) is 0 Å². The van der Waals surface area contributed by atoms with Crippen LogP contribution in [-0.2, 0) is 15.8 Å². The maximum atomic E-state index is 12.6. The van der Waals surface area contributed by atoms with Crippen molar-refractivity contribution in [3.8, 4) is 0 Å². The van der Waals surface area contributed by atoms with Gasteiger partial charge in [-0.3, -0.25) is 0 Å². The number of nitrogens with zero attached hydrogens (tertiary/aromatic N) is 1. The number of benzene rings is 1. The molecular weight excluding hydrogens is 304 g/mol. The highest BCUT2D eigenvalue weighted by Crippen LogP contribution is 2.26. The van der Waals surface area contributed by atoms with Gasteiger partial charge in [0.1, 0.15) is 4.99 Å². The van der Waals surface area contributed by atoms with Crippen molar-refractivity contribution in [2.24, 2.45) is 11.1 Å². The molecule has 0 aromatic heterocycles. The summed E-state index contributed by atoms with van der Waals surface area (Å²) in [5.74, 6) is -0.0998. The minimum absolute atomic E-state index is 0.0998. The fraction of sp³-hybridized carbons (Fsp3) is 0.533. The predicted octanol–water partition coefficient (Wildman–Crippen LogP) is 2.52. The number of sulfonamides is 1. The van der Waals surface area contributed by atoms with E-state index < -0.39 is 10.0 Å². The van der Waals surface area contributed by atoms with E-state index in [0.717, 1.165) is 0 Å². The molecule has 0 fully saturated rings. The number of nitrogens with two attached hydrogens (primary N) is 1. The largest absolute Gasteiger partial charge is 0.389 e. The van der Waals surface area contributed by atoms with Gasteiger partial charge in [0.15, 0.2) is 0 Å². The van der Waals surface area contributed by atoms with Crippen molar-refractivity contribution in [2.45, 2.75) is 39.5 Å². The van der Waals surface area contributed by atoms with Gasteiger partial charge in [0.2, 0.25) is 10.0 Å². The van der Waals surface area contributed by atoms with Crippen molar-refractivity contribution in [3.63, 3.8) is 0 Å². The highest BCUT2D eigenvalue weighted by Gasteiger charge is 2.31. The summed E-state index contributed by atoms with van der Waals surface area (Å²) >= 11 is 4.98. The normalized spacial score (nSPS) is 14.2. The molecule has 6 heteroatoms. The molecule has 0 bridgehead atoms. The van der Waals surface area contributed by atoms with Crippen molar-refractivity contribution in [3.05, 3.63) is 35.4 Å². The summed E-state index contributed by atoms with van der Waals surface area (Å²) in [6.45, 7) is 7.98. The molecule has 1 aromatic carbocycles. The zero-order valence-corrected chi connectivity index (χ0v) is 14.9. The monoisotopic (exact) mass is 328 g/mol. The molecule has 0 aliphatic rings. The Balaban J connectivity index is 3.09. The molecule has 0 aliphatic carbocycles. The van der Waals surface area contributed by atoms with Gasteiger partial charge in [-0.15, -0.1) is 0 Å². The number of hydrogen-bond acceptors (Lipinski definition) is 3. The van der Waals surface area contributed by atoms with Crippen LogP contribution >= 0.6 is 12.2 Å². The fourth-order valence-electron chi connectivity index (χ4n) is 1.97. The highest BCUT2D eigenvalue weighted by atomic mass is 32.2. The van der Waals surface area contributed by atoms with Crippen molar-refractivity contribution < 1.29 is 8.42 Å². The summed E-state index contributed by atoms with van der Waals surface area (Å²) in [5.41, 5.74) is 6.78. The van der Waals surface area contributed by atoms with Gasteiger partial charge in [0, 0.05) is 18.7 Å². The quantitative estimate of drug-likeness (QED) is 0.844.